The van der Waals surface area contributed by atoms with E-state index >= 15 is 0 Å². The molecule has 25 heavy (non-hydrogen) atoms. The van der Waals surface area contributed by atoms with Crippen molar-refractivity contribution in [2.75, 3.05) is 32.8 Å². The van der Waals surface area contributed by atoms with E-state index < -0.39 is 0 Å². The monoisotopic (exact) mass is 408 g/mol. The number of benzene rings is 1. The van der Waals surface area contributed by atoms with E-state index in [9.17, 15) is 9.59 Å². The summed E-state index contributed by atoms with van der Waals surface area (Å²) >= 11 is 3.40. The highest BCUT2D eigenvalue weighted by Gasteiger charge is 2.30. The fourth-order valence-electron chi connectivity index (χ4n) is 3.54. The summed E-state index contributed by atoms with van der Waals surface area (Å²) in [5.41, 5.74) is 0. The zero-order valence-corrected chi connectivity index (χ0v) is 16.0. The van der Waals surface area contributed by atoms with E-state index in [2.05, 4.69) is 15.9 Å². The lowest BCUT2D eigenvalue weighted by Crippen LogP contribution is -2.44. The third kappa shape index (κ3) is 4.97. The summed E-state index contributed by atoms with van der Waals surface area (Å²) in [6.07, 6.45) is 4.19. The molecule has 0 saturated carbocycles. The Labute approximate surface area is 157 Å². The zero-order chi connectivity index (χ0) is 17.6. The van der Waals surface area contributed by atoms with Crippen LogP contribution < -0.4 is 4.74 Å². The lowest BCUT2D eigenvalue weighted by molar-refractivity contribution is -0.140. The van der Waals surface area contributed by atoms with Gasteiger partial charge in [-0.05, 0) is 43.9 Å². The number of rotatable bonds is 5. The second-order valence-corrected chi connectivity index (χ2v) is 7.66. The first-order chi connectivity index (χ1) is 12.1. The Kier molecular flexibility index (Phi) is 6.34. The summed E-state index contributed by atoms with van der Waals surface area (Å²) in [7, 11) is 0. The van der Waals surface area contributed by atoms with Gasteiger partial charge in [0.2, 0.25) is 11.8 Å². The molecule has 2 heterocycles. The molecular weight excluding hydrogens is 384 g/mol. The van der Waals surface area contributed by atoms with Gasteiger partial charge in [-0.15, -0.1) is 0 Å². The van der Waals surface area contributed by atoms with Crippen LogP contribution in [0.2, 0.25) is 0 Å². The fourth-order valence-corrected chi connectivity index (χ4v) is 3.92. The molecule has 0 radical (unpaired) electrons. The number of hydrogen-bond acceptors (Lipinski definition) is 3. The molecule has 2 aliphatic heterocycles. The summed E-state index contributed by atoms with van der Waals surface area (Å²) in [5, 5.41) is 0. The van der Waals surface area contributed by atoms with Crippen LogP contribution in [-0.2, 0) is 9.59 Å². The number of halogens is 1. The van der Waals surface area contributed by atoms with Gasteiger partial charge in [-0.25, -0.2) is 0 Å². The first-order valence-electron chi connectivity index (χ1n) is 9.08. The number of carbonyl (C=O) groups is 2. The van der Waals surface area contributed by atoms with E-state index in [1.165, 1.54) is 0 Å². The molecule has 0 spiro atoms. The Morgan fingerprint density at radius 3 is 2.48 bits per heavy atom. The Morgan fingerprint density at radius 2 is 1.80 bits per heavy atom. The van der Waals surface area contributed by atoms with Gasteiger partial charge in [0.05, 0.1) is 13.0 Å². The number of piperidine rings is 1. The quantitative estimate of drug-likeness (QED) is 0.751. The number of likely N-dealkylation sites (tertiary alicyclic amines) is 2. The third-order valence-corrected chi connectivity index (χ3v) is 5.49. The summed E-state index contributed by atoms with van der Waals surface area (Å²) in [4.78, 5) is 28.6. The molecule has 136 valence electrons. The van der Waals surface area contributed by atoms with Gasteiger partial charge in [0.1, 0.15) is 5.75 Å². The SMILES string of the molecule is O=C(CCOc1cccc(Br)c1)N1CCC(C(=O)N2CCCC2)CC1. The smallest absolute Gasteiger partial charge is 0.225 e. The van der Waals surface area contributed by atoms with Gasteiger partial charge in [0.25, 0.3) is 0 Å². The lowest BCUT2D eigenvalue weighted by atomic mass is 9.95. The summed E-state index contributed by atoms with van der Waals surface area (Å²) < 4.78 is 6.60. The number of amides is 2. The highest BCUT2D eigenvalue weighted by molar-refractivity contribution is 9.10. The van der Waals surface area contributed by atoms with Crippen LogP contribution in [0.15, 0.2) is 28.7 Å². The minimum atomic E-state index is 0.0973. The largest absolute Gasteiger partial charge is 0.493 e. The number of carbonyl (C=O) groups excluding carboxylic acids is 2. The van der Waals surface area contributed by atoms with Crippen LogP contribution in [0.4, 0.5) is 0 Å². The normalized spacial score (nSPS) is 18.4. The predicted molar refractivity (Wildman–Crippen MR) is 99.4 cm³/mol. The number of nitrogens with zero attached hydrogens (tertiary/aromatic N) is 2. The van der Waals surface area contributed by atoms with E-state index in [4.69, 9.17) is 4.74 Å². The molecule has 2 amide bonds. The van der Waals surface area contributed by atoms with Crippen molar-refractivity contribution < 1.29 is 14.3 Å². The molecule has 6 heteroatoms. The van der Waals surface area contributed by atoms with Gasteiger partial charge < -0.3 is 14.5 Å². The van der Waals surface area contributed by atoms with Gasteiger partial charge in [-0.2, -0.15) is 0 Å². The van der Waals surface area contributed by atoms with E-state index in [1.807, 2.05) is 34.1 Å². The highest BCUT2D eigenvalue weighted by Crippen LogP contribution is 2.23. The summed E-state index contributed by atoms with van der Waals surface area (Å²) in [6, 6.07) is 7.61. The first-order valence-corrected chi connectivity index (χ1v) is 9.88. The van der Waals surface area contributed by atoms with Crippen molar-refractivity contribution in [3.05, 3.63) is 28.7 Å². The second kappa shape index (κ2) is 8.70. The minimum absolute atomic E-state index is 0.0973. The lowest BCUT2D eigenvalue weighted by Gasteiger charge is -2.33. The van der Waals surface area contributed by atoms with Gasteiger partial charge in [-0.3, -0.25) is 9.59 Å². The Morgan fingerprint density at radius 1 is 1.08 bits per heavy atom. The molecule has 3 rings (SSSR count). The molecule has 5 nitrogen and oxygen atoms in total. The molecule has 2 aliphatic rings. The number of hydrogen-bond donors (Lipinski definition) is 0. The molecule has 2 fully saturated rings. The maximum atomic E-state index is 12.4. The van der Waals surface area contributed by atoms with Crippen LogP contribution in [0.1, 0.15) is 32.1 Å². The van der Waals surface area contributed by atoms with Crippen LogP contribution in [-0.4, -0.2) is 54.4 Å². The Balaban J connectivity index is 1.38. The molecule has 0 aliphatic carbocycles. The number of ether oxygens (including phenoxy) is 1. The highest BCUT2D eigenvalue weighted by atomic mass is 79.9. The maximum Gasteiger partial charge on any atom is 0.225 e. The predicted octanol–water partition coefficient (Wildman–Crippen LogP) is 3.08. The topological polar surface area (TPSA) is 49.9 Å². The van der Waals surface area contributed by atoms with E-state index in [1.54, 1.807) is 0 Å². The van der Waals surface area contributed by atoms with E-state index in [0.717, 1.165) is 49.0 Å². The first kappa shape index (κ1) is 18.2. The fraction of sp³-hybridized carbons (Fsp3) is 0.579. The molecule has 0 unspecified atom stereocenters. The van der Waals surface area contributed by atoms with Crippen LogP contribution >= 0.6 is 15.9 Å². The molecule has 0 aromatic heterocycles. The van der Waals surface area contributed by atoms with Crippen molar-refractivity contribution >= 4 is 27.7 Å². The molecule has 0 bridgehead atoms. The summed E-state index contributed by atoms with van der Waals surface area (Å²) in [5.74, 6) is 1.27. The van der Waals surface area contributed by atoms with Gasteiger partial charge >= 0.3 is 0 Å². The molecular formula is C19H25BrN2O3. The van der Waals surface area contributed by atoms with Crippen molar-refractivity contribution in [2.45, 2.75) is 32.1 Å². The van der Waals surface area contributed by atoms with Gasteiger partial charge in [0, 0.05) is 36.6 Å². The van der Waals surface area contributed by atoms with Crippen LogP contribution in [0.5, 0.6) is 5.75 Å². The molecule has 0 N–H and O–H groups in total. The van der Waals surface area contributed by atoms with Gasteiger partial charge in [0.15, 0.2) is 0 Å². The average Bonchev–Trinajstić information content (AvgIpc) is 3.16. The second-order valence-electron chi connectivity index (χ2n) is 6.74. The summed E-state index contributed by atoms with van der Waals surface area (Å²) in [6.45, 7) is 3.55. The van der Waals surface area contributed by atoms with E-state index in [0.29, 0.717) is 32.0 Å². The van der Waals surface area contributed by atoms with Crippen molar-refractivity contribution in [3.63, 3.8) is 0 Å². The van der Waals surface area contributed by atoms with Crippen LogP contribution in [0.3, 0.4) is 0 Å². The maximum absolute atomic E-state index is 12.4. The zero-order valence-electron chi connectivity index (χ0n) is 14.5. The van der Waals surface area contributed by atoms with E-state index in [-0.39, 0.29) is 11.8 Å². The van der Waals surface area contributed by atoms with Crippen LogP contribution in [0, 0.1) is 5.92 Å². The van der Waals surface area contributed by atoms with Crippen molar-refractivity contribution in [2.24, 2.45) is 5.92 Å². The Bertz CT molecular complexity index is 608. The van der Waals surface area contributed by atoms with Gasteiger partial charge in [-0.1, -0.05) is 22.0 Å². The minimum Gasteiger partial charge on any atom is -0.493 e. The molecule has 2 saturated heterocycles. The molecule has 0 atom stereocenters. The Hall–Kier alpha value is -1.56. The average molecular weight is 409 g/mol. The third-order valence-electron chi connectivity index (χ3n) is 5.00. The van der Waals surface area contributed by atoms with Crippen LogP contribution in [0.25, 0.3) is 0 Å². The van der Waals surface area contributed by atoms with Crippen molar-refractivity contribution in [1.29, 1.82) is 0 Å². The van der Waals surface area contributed by atoms with Crippen molar-refractivity contribution in [1.82, 2.24) is 9.80 Å². The molecule has 1 aromatic rings. The molecule has 1 aromatic carbocycles. The standard InChI is InChI=1S/C19H25BrN2O3/c20-16-4-3-5-17(14-16)25-13-8-18(23)21-11-6-15(7-12-21)19(24)22-9-1-2-10-22/h3-5,14-15H,1-2,6-13H2. The van der Waals surface area contributed by atoms with Crippen molar-refractivity contribution in [3.8, 4) is 5.75 Å².